The first-order valence-electron chi connectivity index (χ1n) is 7.31. The highest BCUT2D eigenvalue weighted by Crippen LogP contribution is 2.12. The van der Waals surface area contributed by atoms with E-state index in [-0.39, 0.29) is 17.1 Å². The lowest BCUT2D eigenvalue weighted by atomic mass is 10.2. The van der Waals surface area contributed by atoms with E-state index in [0.29, 0.717) is 9.20 Å². The molecule has 122 valence electrons. The third-order valence-corrected chi connectivity index (χ3v) is 4.38. The number of anilines is 1. The van der Waals surface area contributed by atoms with Crippen LogP contribution < -0.4 is 19.7 Å². The number of benzene rings is 1. The standard InChI is InChI=1S/C18H16N2O3S/c1-20(2)13-7-5-12(6-8-13)10-16-18(22)19-17(24-16)11-14(21)15-4-3-9-23-15/h3-11H,1-2H3,(H,19,22)/b16-10-,17-11-. The van der Waals surface area contributed by atoms with Gasteiger partial charge in [-0.2, -0.15) is 0 Å². The Labute approximate surface area is 142 Å². The van der Waals surface area contributed by atoms with Crippen LogP contribution in [0, 0.1) is 0 Å². The summed E-state index contributed by atoms with van der Waals surface area (Å²) in [5, 5.41) is 0. The molecular weight excluding hydrogens is 324 g/mol. The van der Waals surface area contributed by atoms with Crippen LogP contribution in [0.15, 0.2) is 51.9 Å². The van der Waals surface area contributed by atoms with Crippen molar-refractivity contribution in [1.82, 2.24) is 4.98 Å². The zero-order chi connectivity index (χ0) is 17.1. The van der Waals surface area contributed by atoms with Gasteiger partial charge >= 0.3 is 0 Å². The van der Waals surface area contributed by atoms with E-state index in [1.165, 1.54) is 23.7 Å². The van der Waals surface area contributed by atoms with Gasteiger partial charge in [-0.1, -0.05) is 12.1 Å². The van der Waals surface area contributed by atoms with Gasteiger partial charge < -0.3 is 14.3 Å². The van der Waals surface area contributed by atoms with Crippen molar-refractivity contribution in [2.45, 2.75) is 0 Å². The highest BCUT2D eigenvalue weighted by atomic mass is 32.1. The number of rotatable bonds is 4. The van der Waals surface area contributed by atoms with Crippen LogP contribution in [-0.2, 0) is 0 Å². The molecule has 0 bridgehead atoms. The number of carbonyl (C=O) groups is 1. The third kappa shape index (κ3) is 3.55. The van der Waals surface area contributed by atoms with Gasteiger partial charge in [0.05, 0.1) is 15.5 Å². The predicted octanol–water partition coefficient (Wildman–Crippen LogP) is 1.59. The summed E-state index contributed by atoms with van der Waals surface area (Å²) < 4.78 is 6.10. The molecule has 0 unspecified atom stereocenters. The first kappa shape index (κ1) is 16.0. The molecule has 0 amide bonds. The molecule has 24 heavy (non-hydrogen) atoms. The van der Waals surface area contributed by atoms with E-state index in [0.717, 1.165) is 11.3 Å². The number of aromatic amines is 1. The molecule has 1 N–H and O–H groups in total. The molecule has 0 aliphatic heterocycles. The van der Waals surface area contributed by atoms with E-state index < -0.39 is 0 Å². The quantitative estimate of drug-likeness (QED) is 0.733. The Morgan fingerprint density at radius 2 is 1.96 bits per heavy atom. The fourth-order valence-electron chi connectivity index (χ4n) is 2.15. The Morgan fingerprint density at radius 3 is 2.58 bits per heavy atom. The minimum absolute atomic E-state index is 0.213. The Hall–Kier alpha value is -2.86. The van der Waals surface area contributed by atoms with Crippen LogP contribution in [0.5, 0.6) is 0 Å². The van der Waals surface area contributed by atoms with Gasteiger partial charge in [-0.15, -0.1) is 11.3 Å². The topological polar surface area (TPSA) is 66.3 Å². The zero-order valence-electron chi connectivity index (χ0n) is 13.3. The Kier molecular flexibility index (Phi) is 4.48. The normalized spacial score (nSPS) is 12.6. The first-order chi connectivity index (χ1) is 11.5. The number of carbonyl (C=O) groups excluding carboxylic acids is 1. The monoisotopic (exact) mass is 340 g/mol. The number of aromatic nitrogens is 1. The van der Waals surface area contributed by atoms with Crippen molar-refractivity contribution >= 4 is 35.0 Å². The van der Waals surface area contributed by atoms with Gasteiger partial charge in [-0.25, -0.2) is 0 Å². The highest BCUT2D eigenvalue weighted by Gasteiger charge is 2.05. The Bertz CT molecular complexity index is 1010. The second-order valence-electron chi connectivity index (χ2n) is 5.40. The number of nitrogens with one attached hydrogen (secondary N) is 1. The van der Waals surface area contributed by atoms with Gasteiger partial charge in [-0.3, -0.25) is 9.59 Å². The summed E-state index contributed by atoms with van der Waals surface area (Å²) in [6.07, 6.45) is 4.61. The second kappa shape index (κ2) is 6.72. The molecule has 0 aliphatic carbocycles. The molecule has 0 atom stereocenters. The van der Waals surface area contributed by atoms with Crippen molar-refractivity contribution in [1.29, 1.82) is 0 Å². The van der Waals surface area contributed by atoms with Crippen LogP contribution in [0.3, 0.4) is 0 Å². The maximum absolute atomic E-state index is 12.0. The van der Waals surface area contributed by atoms with Crippen molar-refractivity contribution < 1.29 is 9.21 Å². The molecule has 5 nitrogen and oxygen atoms in total. The average Bonchev–Trinajstić information content (AvgIpc) is 3.19. The molecule has 0 fully saturated rings. The van der Waals surface area contributed by atoms with E-state index in [2.05, 4.69) is 4.98 Å². The molecule has 2 heterocycles. The van der Waals surface area contributed by atoms with E-state index >= 15 is 0 Å². The SMILES string of the molecule is CN(C)c1ccc(/C=c2\s/c(=C\C(=O)c3ccco3)[nH]c2=O)cc1. The van der Waals surface area contributed by atoms with Crippen LogP contribution in [0.2, 0.25) is 0 Å². The molecule has 0 saturated carbocycles. The Balaban J connectivity index is 1.94. The number of H-pyrrole nitrogens is 1. The van der Waals surface area contributed by atoms with Crippen molar-refractivity contribution in [2.24, 2.45) is 0 Å². The molecule has 3 aromatic rings. The van der Waals surface area contributed by atoms with Gasteiger partial charge in [0, 0.05) is 25.9 Å². The van der Waals surface area contributed by atoms with E-state index in [9.17, 15) is 9.59 Å². The fraction of sp³-hybridized carbons (Fsp3) is 0.111. The van der Waals surface area contributed by atoms with Crippen LogP contribution in [0.4, 0.5) is 5.69 Å². The number of hydrogen-bond donors (Lipinski definition) is 1. The number of nitrogens with zero attached hydrogens (tertiary/aromatic N) is 1. The minimum Gasteiger partial charge on any atom is -0.461 e. The molecular formula is C18H16N2O3S. The molecule has 2 aromatic heterocycles. The fourth-order valence-corrected chi connectivity index (χ4v) is 3.04. The molecule has 0 aliphatic rings. The van der Waals surface area contributed by atoms with Crippen molar-refractivity contribution in [2.75, 3.05) is 19.0 Å². The van der Waals surface area contributed by atoms with E-state index in [1.54, 1.807) is 18.2 Å². The van der Waals surface area contributed by atoms with Gasteiger partial charge in [0.15, 0.2) is 5.76 Å². The van der Waals surface area contributed by atoms with Crippen LogP contribution in [0.1, 0.15) is 16.1 Å². The maximum Gasteiger partial charge on any atom is 0.266 e. The second-order valence-corrected chi connectivity index (χ2v) is 6.48. The number of ketones is 1. The predicted molar refractivity (Wildman–Crippen MR) is 96.0 cm³/mol. The smallest absolute Gasteiger partial charge is 0.266 e. The van der Waals surface area contributed by atoms with Crippen molar-refractivity contribution in [3.05, 3.63) is 73.5 Å². The Morgan fingerprint density at radius 1 is 1.21 bits per heavy atom. The maximum atomic E-state index is 12.0. The van der Waals surface area contributed by atoms with Crippen molar-refractivity contribution in [3.63, 3.8) is 0 Å². The number of furan rings is 1. The summed E-state index contributed by atoms with van der Waals surface area (Å²) in [5.41, 5.74) is 1.80. The largest absolute Gasteiger partial charge is 0.461 e. The van der Waals surface area contributed by atoms with Crippen LogP contribution in [-0.4, -0.2) is 24.9 Å². The van der Waals surface area contributed by atoms with E-state index in [4.69, 9.17) is 4.42 Å². The molecule has 6 heteroatoms. The lowest BCUT2D eigenvalue weighted by Gasteiger charge is -2.11. The summed E-state index contributed by atoms with van der Waals surface area (Å²) in [5.74, 6) is -0.0339. The number of thiazole rings is 1. The van der Waals surface area contributed by atoms with Gasteiger partial charge in [0.2, 0.25) is 5.78 Å². The van der Waals surface area contributed by atoms with Gasteiger partial charge in [-0.05, 0) is 35.9 Å². The molecule has 1 aromatic carbocycles. The lowest BCUT2D eigenvalue weighted by Crippen LogP contribution is -2.20. The molecule has 0 saturated heterocycles. The van der Waals surface area contributed by atoms with Gasteiger partial charge in [0.25, 0.3) is 5.56 Å². The summed E-state index contributed by atoms with van der Waals surface area (Å²) >= 11 is 1.24. The lowest BCUT2D eigenvalue weighted by molar-refractivity contribution is 0.103. The number of hydrogen-bond acceptors (Lipinski definition) is 5. The first-order valence-corrected chi connectivity index (χ1v) is 8.12. The van der Waals surface area contributed by atoms with Crippen LogP contribution in [0.25, 0.3) is 12.2 Å². The molecule has 0 radical (unpaired) electrons. The summed E-state index contributed by atoms with van der Waals surface area (Å²) in [4.78, 5) is 28.7. The molecule has 0 spiro atoms. The summed E-state index contributed by atoms with van der Waals surface area (Å²) in [6, 6.07) is 11.1. The van der Waals surface area contributed by atoms with Crippen LogP contribution >= 0.6 is 11.3 Å². The summed E-state index contributed by atoms with van der Waals surface area (Å²) in [7, 11) is 3.95. The summed E-state index contributed by atoms with van der Waals surface area (Å²) in [6.45, 7) is 0. The average molecular weight is 340 g/mol. The van der Waals surface area contributed by atoms with E-state index in [1.807, 2.05) is 43.3 Å². The minimum atomic E-state index is -0.278. The number of Topliss-reactive ketones (excluding diaryl/α,β-unsaturated/α-hetero) is 1. The zero-order valence-corrected chi connectivity index (χ0v) is 14.1. The highest BCUT2D eigenvalue weighted by molar-refractivity contribution is 7.07. The van der Waals surface area contributed by atoms with Gasteiger partial charge in [0.1, 0.15) is 0 Å². The van der Waals surface area contributed by atoms with Crippen molar-refractivity contribution in [3.8, 4) is 0 Å². The molecule has 3 rings (SSSR count). The third-order valence-electron chi connectivity index (χ3n) is 3.41.